The van der Waals surface area contributed by atoms with Crippen LogP contribution in [0.25, 0.3) is 0 Å². The van der Waals surface area contributed by atoms with Gasteiger partial charge in [0, 0.05) is 10.8 Å². The van der Waals surface area contributed by atoms with Crippen LogP contribution in [0.1, 0.15) is 18.1 Å². The van der Waals surface area contributed by atoms with E-state index < -0.39 is 15.6 Å². The van der Waals surface area contributed by atoms with Crippen LogP contribution in [0.3, 0.4) is 0 Å². The van der Waals surface area contributed by atoms with Gasteiger partial charge in [-0.15, -0.1) is 11.8 Å². The molecular weight excluding hydrogens is 352 g/mol. The molecule has 0 bridgehead atoms. The summed E-state index contributed by atoms with van der Waals surface area (Å²) in [6.07, 6.45) is 0. The van der Waals surface area contributed by atoms with Crippen molar-refractivity contribution in [1.29, 1.82) is 0 Å². The average Bonchev–Trinajstić information content (AvgIpc) is 2.90. The number of halogens is 1. The van der Waals surface area contributed by atoms with Gasteiger partial charge in [-0.1, -0.05) is 35.9 Å². The van der Waals surface area contributed by atoms with Crippen molar-refractivity contribution >= 4 is 38.4 Å². The van der Waals surface area contributed by atoms with E-state index in [0.29, 0.717) is 5.02 Å². The molecular formula is C16H15ClN2O2S2. The van der Waals surface area contributed by atoms with E-state index >= 15 is 0 Å². The number of thioether (sulfide) groups is 1. The summed E-state index contributed by atoms with van der Waals surface area (Å²) < 4.78 is 22.9. The molecule has 120 valence electrons. The summed E-state index contributed by atoms with van der Waals surface area (Å²) >= 11 is 7.82. The van der Waals surface area contributed by atoms with E-state index in [-0.39, 0.29) is 4.90 Å². The van der Waals surface area contributed by atoms with Crippen LogP contribution in [0.4, 0.5) is 0 Å². The maximum Gasteiger partial charge on any atom is 0.238 e. The zero-order chi connectivity index (χ0) is 16.7. The number of rotatable bonds is 3. The first-order chi connectivity index (χ1) is 10.8. The fraction of sp³-hybridized carbons (Fsp3) is 0.188. The molecule has 7 heteroatoms. The molecule has 2 aromatic carbocycles. The highest BCUT2D eigenvalue weighted by molar-refractivity contribution is 8.14. The van der Waals surface area contributed by atoms with Gasteiger partial charge in [0.25, 0.3) is 0 Å². The van der Waals surface area contributed by atoms with Crippen LogP contribution in [0.2, 0.25) is 5.02 Å². The Hall–Kier alpha value is -1.34. The van der Waals surface area contributed by atoms with Crippen LogP contribution < -0.4 is 5.14 Å². The Morgan fingerprint density at radius 2 is 1.87 bits per heavy atom. The zero-order valence-corrected chi connectivity index (χ0v) is 14.8. The van der Waals surface area contributed by atoms with Crippen molar-refractivity contribution in [3.8, 4) is 0 Å². The minimum atomic E-state index is -3.71. The van der Waals surface area contributed by atoms with Crippen molar-refractivity contribution in [2.45, 2.75) is 17.4 Å². The topological polar surface area (TPSA) is 72.5 Å². The normalized spacial score (nSPS) is 21.3. The SMILES string of the molecule is CC1=NC(c2ccc(S(N)(=O)=O)cc2)(c2cccc(Cl)c2)CS1. The van der Waals surface area contributed by atoms with Gasteiger partial charge < -0.3 is 0 Å². The van der Waals surface area contributed by atoms with E-state index in [0.717, 1.165) is 21.9 Å². The van der Waals surface area contributed by atoms with Gasteiger partial charge in [0.1, 0.15) is 5.54 Å². The van der Waals surface area contributed by atoms with Crippen molar-refractivity contribution in [1.82, 2.24) is 0 Å². The predicted octanol–water partition coefficient (Wildman–Crippen LogP) is 3.40. The summed E-state index contributed by atoms with van der Waals surface area (Å²) in [6.45, 7) is 1.97. The van der Waals surface area contributed by atoms with Crippen molar-refractivity contribution in [3.05, 3.63) is 64.7 Å². The number of primary sulfonamides is 1. The molecule has 23 heavy (non-hydrogen) atoms. The number of sulfonamides is 1. The van der Waals surface area contributed by atoms with Crippen molar-refractivity contribution < 1.29 is 8.42 Å². The summed E-state index contributed by atoms with van der Waals surface area (Å²) in [5.74, 6) is 0.744. The molecule has 0 saturated heterocycles. The predicted molar refractivity (Wildman–Crippen MR) is 95.6 cm³/mol. The lowest BCUT2D eigenvalue weighted by molar-refractivity contribution is 0.597. The molecule has 0 aliphatic carbocycles. The molecule has 1 aliphatic heterocycles. The molecule has 0 saturated carbocycles. The lowest BCUT2D eigenvalue weighted by Crippen LogP contribution is -2.26. The van der Waals surface area contributed by atoms with Gasteiger partial charge in [0.05, 0.1) is 9.94 Å². The van der Waals surface area contributed by atoms with Crippen LogP contribution in [0.5, 0.6) is 0 Å². The third kappa shape index (κ3) is 3.17. The van der Waals surface area contributed by atoms with Crippen LogP contribution >= 0.6 is 23.4 Å². The Labute approximate surface area is 144 Å². The smallest absolute Gasteiger partial charge is 0.238 e. The lowest BCUT2D eigenvalue weighted by atomic mass is 9.85. The van der Waals surface area contributed by atoms with E-state index in [1.165, 1.54) is 12.1 Å². The van der Waals surface area contributed by atoms with Crippen molar-refractivity contribution in [3.63, 3.8) is 0 Å². The second-order valence-electron chi connectivity index (χ2n) is 5.36. The van der Waals surface area contributed by atoms with Gasteiger partial charge in [0.2, 0.25) is 10.0 Å². The van der Waals surface area contributed by atoms with Gasteiger partial charge in [-0.3, -0.25) is 4.99 Å². The first kappa shape index (κ1) is 16.5. The number of aliphatic imine (C=N–C) groups is 1. The van der Waals surface area contributed by atoms with Crippen molar-refractivity contribution in [2.24, 2.45) is 10.1 Å². The van der Waals surface area contributed by atoms with Crippen LogP contribution in [-0.2, 0) is 15.6 Å². The number of nitrogens with two attached hydrogens (primary N) is 1. The quantitative estimate of drug-likeness (QED) is 0.904. The van der Waals surface area contributed by atoms with Gasteiger partial charge in [-0.25, -0.2) is 13.6 Å². The molecule has 1 atom stereocenters. The zero-order valence-electron chi connectivity index (χ0n) is 12.4. The number of benzene rings is 2. The van der Waals surface area contributed by atoms with E-state index in [2.05, 4.69) is 0 Å². The van der Waals surface area contributed by atoms with Crippen molar-refractivity contribution in [2.75, 3.05) is 5.75 Å². The summed E-state index contributed by atoms with van der Waals surface area (Å²) in [5.41, 5.74) is 1.34. The minimum absolute atomic E-state index is 0.0915. The molecule has 2 aromatic rings. The fourth-order valence-corrected chi connectivity index (χ4v) is 4.41. The molecule has 0 spiro atoms. The third-order valence-electron chi connectivity index (χ3n) is 3.80. The van der Waals surface area contributed by atoms with Gasteiger partial charge in [-0.05, 0) is 42.3 Å². The molecule has 0 fully saturated rings. The Balaban J connectivity index is 2.15. The Morgan fingerprint density at radius 1 is 1.17 bits per heavy atom. The third-order valence-corrected chi connectivity index (χ3v) is 6.04. The number of nitrogens with zero attached hydrogens (tertiary/aromatic N) is 1. The van der Waals surface area contributed by atoms with Crippen LogP contribution in [0.15, 0.2) is 58.4 Å². The van der Waals surface area contributed by atoms with Gasteiger partial charge in [-0.2, -0.15) is 0 Å². The first-order valence-corrected chi connectivity index (χ1v) is 9.81. The van der Waals surface area contributed by atoms with E-state index in [1.54, 1.807) is 23.9 Å². The molecule has 1 aliphatic rings. The molecule has 3 rings (SSSR count). The highest BCUT2D eigenvalue weighted by Crippen LogP contribution is 2.43. The highest BCUT2D eigenvalue weighted by atomic mass is 35.5. The Morgan fingerprint density at radius 3 is 2.39 bits per heavy atom. The lowest BCUT2D eigenvalue weighted by Gasteiger charge is -2.27. The van der Waals surface area contributed by atoms with E-state index in [9.17, 15) is 8.42 Å². The molecule has 1 unspecified atom stereocenters. The summed E-state index contributed by atoms with van der Waals surface area (Å²) in [6, 6.07) is 14.2. The maximum atomic E-state index is 11.4. The second-order valence-corrected chi connectivity index (χ2v) is 8.53. The van der Waals surface area contributed by atoms with E-state index in [4.69, 9.17) is 21.7 Å². The fourth-order valence-electron chi connectivity index (χ4n) is 2.67. The Kier molecular flexibility index (Phi) is 4.27. The minimum Gasteiger partial charge on any atom is -0.266 e. The average molecular weight is 367 g/mol. The van der Waals surface area contributed by atoms with Gasteiger partial charge in [0.15, 0.2) is 0 Å². The summed E-state index contributed by atoms with van der Waals surface area (Å²) in [7, 11) is -3.71. The van der Waals surface area contributed by atoms with Crippen LogP contribution in [-0.4, -0.2) is 19.2 Å². The standard InChI is InChI=1S/C16H15ClN2O2S2/c1-11-19-16(10-22-11,13-3-2-4-14(17)9-13)12-5-7-15(8-6-12)23(18,20)21/h2-9H,10H2,1H3,(H2,18,20,21). The van der Waals surface area contributed by atoms with E-state index in [1.807, 2.05) is 31.2 Å². The summed E-state index contributed by atoms with van der Waals surface area (Å²) in [4.78, 5) is 4.93. The molecule has 0 aromatic heterocycles. The largest absolute Gasteiger partial charge is 0.266 e. The molecule has 0 amide bonds. The number of hydrogen-bond donors (Lipinski definition) is 1. The van der Waals surface area contributed by atoms with Gasteiger partial charge >= 0.3 is 0 Å². The molecule has 4 nitrogen and oxygen atoms in total. The maximum absolute atomic E-state index is 11.4. The monoisotopic (exact) mass is 366 g/mol. The summed E-state index contributed by atoms with van der Waals surface area (Å²) in [5, 5.41) is 6.80. The second kappa shape index (κ2) is 5.94. The Bertz CT molecular complexity index is 879. The molecule has 2 N–H and O–H groups in total. The molecule has 1 heterocycles. The molecule has 0 radical (unpaired) electrons. The highest BCUT2D eigenvalue weighted by Gasteiger charge is 2.38. The van der Waals surface area contributed by atoms with Crippen LogP contribution in [0, 0.1) is 0 Å². The number of hydrogen-bond acceptors (Lipinski definition) is 4. The first-order valence-electron chi connectivity index (χ1n) is 6.90.